The van der Waals surface area contributed by atoms with Gasteiger partial charge in [-0.2, -0.15) is 0 Å². The van der Waals surface area contributed by atoms with Gasteiger partial charge in [-0.05, 0) is 31.6 Å². The maximum absolute atomic E-state index is 5.60. The molecule has 2 N–H and O–H groups in total. The highest BCUT2D eigenvalue weighted by molar-refractivity contribution is 5.06. The zero-order valence-electron chi connectivity index (χ0n) is 10.9. The van der Waals surface area contributed by atoms with Gasteiger partial charge in [0.05, 0.1) is 13.2 Å². The molecule has 1 rings (SSSR count). The third-order valence-electron chi connectivity index (χ3n) is 2.56. The van der Waals surface area contributed by atoms with E-state index in [-0.39, 0.29) is 0 Å². The Morgan fingerprint density at radius 2 is 1.88 bits per heavy atom. The van der Waals surface area contributed by atoms with Gasteiger partial charge in [0.1, 0.15) is 11.5 Å². The molecule has 0 fully saturated rings. The third kappa shape index (κ3) is 6.46. The Balaban J connectivity index is 1.93. The van der Waals surface area contributed by atoms with Crippen molar-refractivity contribution < 1.29 is 9.15 Å². The fourth-order valence-corrected chi connectivity index (χ4v) is 1.56. The molecular formula is C13H24N2O2. The van der Waals surface area contributed by atoms with Crippen molar-refractivity contribution in [2.75, 3.05) is 33.4 Å². The van der Waals surface area contributed by atoms with Gasteiger partial charge in [-0.15, -0.1) is 0 Å². The van der Waals surface area contributed by atoms with Crippen molar-refractivity contribution in [2.24, 2.45) is 0 Å². The highest BCUT2D eigenvalue weighted by atomic mass is 16.5. The van der Waals surface area contributed by atoms with Crippen molar-refractivity contribution in [3.8, 4) is 0 Å². The second kappa shape index (κ2) is 9.22. The quantitative estimate of drug-likeness (QED) is 0.609. The fraction of sp³-hybridized carbons (Fsp3) is 0.692. The number of rotatable bonds is 10. The van der Waals surface area contributed by atoms with Gasteiger partial charge in [-0.25, -0.2) is 0 Å². The molecule has 0 saturated heterocycles. The van der Waals surface area contributed by atoms with Crippen LogP contribution >= 0.6 is 0 Å². The lowest BCUT2D eigenvalue weighted by atomic mass is 10.3. The molecule has 0 aliphatic heterocycles. The highest BCUT2D eigenvalue weighted by Crippen LogP contribution is 2.07. The van der Waals surface area contributed by atoms with Crippen LogP contribution in [0.5, 0.6) is 0 Å². The maximum atomic E-state index is 5.60. The van der Waals surface area contributed by atoms with Crippen molar-refractivity contribution >= 4 is 0 Å². The molecule has 98 valence electrons. The monoisotopic (exact) mass is 240 g/mol. The van der Waals surface area contributed by atoms with Crippen molar-refractivity contribution in [1.82, 2.24) is 10.6 Å². The summed E-state index contributed by atoms with van der Waals surface area (Å²) >= 11 is 0. The van der Waals surface area contributed by atoms with Gasteiger partial charge in [0.2, 0.25) is 0 Å². The number of nitrogens with one attached hydrogen (secondary N) is 2. The topological polar surface area (TPSA) is 46.4 Å². The second-order valence-corrected chi connectivity index (χ2v) is 3.99. The molecule has 0 amide bonds. The number of hydrogen-bond donors (Lipinski definition) is 2. The van der Waals surface area contributed by atoms with Crippen LogP contribution in [0.25, 0.3) is 0 Å². The van der Waals surface area contributed by atoms with Crippen LogP contribution in [0.4, 0.5) is 0 Å². The molecule has 0 spiro atoms. The Morgan fingerprint density at radius 1 is 1.12 bits per heavy atom. The van der Waals surface area contributed by atoms with Gasteiger partial charge in [0.25, 0.3) is 0 Å². The molecule has 4 nitrogen and oxygen atoms in total. The van der Waals surface area contributed by atoms with Gasteiger partial charge in [-0.1, -0.05) is 6.92 Å². The molecule has 1 heterocycles. The molecule has 0 aliphatic carbocycles. The highest BCUT2D eigenvalue weighted by Gasteiger charge is 1.99. The van der Waals surface area contributed by atoms with Crippen LogP contribution in [0, 0.1) is 0 Å². The summed E-state index contributed by atoms with van der Waals surface area (Å²) in [4.78, 5) is 0. The summed E-state index contributed by atoms with van der Waals surface area (Å²) in [6, 6.07) is 4.09. The average Bonchev–Trinajstić information content (AvgIpc) is 2.80. The number of methoxy groups -OCH3 is 1. The second-order valence-electron chi connectivity index (χ2n) is 3.99. The smallest absolute Gasteiger partial charge is 0.117 e. The summed E-state index contributed by atoms with van der Waals surface area (Å²) in [7, 11) is 1.72. The molecule has 0 aliphatic rings. The van der Waals surface area contributed by atoms with Crippen molar-refractivity contribution in [3.63, 3.8) is 0 Å². The first-order valence-electron chi connectivity index (χ1n) is 6.34. The first-order chi connectivity index (χ1) is 8.36. The lowest BCUT2D eigenvalue weighted by molar-refractivity contribution is 0.199. The van der Waals surface area contributed by atoms with Crippen LogP contribution in [0.2, 0.25) is 0 Å². The lowest BCUT2D eigenvalue weighted by Gasteiger charge is -2.04. The van der Waals surface area contributed by atoms with Gasteiger partial charge in [0, 0.05) is 20.1 Å². The molecular weight excluding hydrogens is 216 g/mol. The van der Waals surface area contributed by atoms with E-state index in [1.165, 1.54) is 0 Å². The van der Waals surface area contributed by atoms with Crippen LogP contribution in [-0.4, -0.2) is 33.4 Å². The number of ether oxygens (including phenoxy) is 1. The first-order valence-corrected chi connectivity index (χ1v) is 6.34. The fourth-order valence-electron chi connectivity index (χ4n) is 1.56. The molecule has 0 unspecified atom stereocenters. The Labute approximate surface area is 104 Å². The molecule has 0 atom stereocenters. The molecule has 4 heteroatoms. The average molecular weight is 240 g/mol. The Kier molecular flexibility index (Phi) is 7.71. The molecule has 0 saturated carbocycles. The summed E-state index contributed by atoms with van der Waals surface area (Å²) in [6.07, 6.45) is 2.08. The standard InChI is InChI=1S/C13H24N2O2/c1-3-12-5-6-13(17-12)11-15-8-4-7-14-9-10-16-2/h5-6,14-15H,3-4,7-11H2,1-2H3. The predicted octanol–water partition coefficient (Wildman–Crippen LogP) is 1.56. The molecule has 17 heavy (non-hydrogen) atoms. The summed E-state index contributed by atoms with van der Waals surface area (Å²) in [6.45, 7) is 6.64. The van der Waals surface area contributed by atoms with Crippen LogP contribution in [0.15, 0.2) is 16.5 Å². The van der Waals surface area contributed by atoms with Crippen LogP contribution in [-0.2, 0) is 17.7 Å². The van der Waals surface area contributed by atoms with E-state index < -0.39 is 0 Å². The number of hydrogen-bond acceptors (Lipinski definition) is 4. The molecule has 0 bridgehead atoms. The molecule has 0 radical (unpaired) electrons. The van der Waals surface area contributed by atoms with Crippen molar-refractivity contribution in [2.45, 2.75) is 26.3 Å². The summed E-state index contributed by atoms with van der Waals surface area (Å²) in [5.41, 5.74) is 0. The van der Waals surface area contributed by atoms with Crippen LogP contribution < -0.4 is 10.6 Å². The van der Waals surface area contributed by atoms with E-state index in [9.17, 15) is 0 Å². The summed E-state index contributed by atoms with van der Waals surface area (Å²) < 4.78 is 10.5. The van der Waals surface area contributed by atoms with Gasteiger partial charge < -0.3 is 19.8 Å². The number of aryl methyl sites for hydroxylation is 1. The van der Waals surface area contributed by atoms with E-state index in [1.54, 1.807) is 7.11 Å². The maximum Gasteiger partial charge on any atom is 0.117 e. The largest absolute Gasteiger partial charge is 0.465 e. The number of furan rings is 1. The van der Waals surface area contributed by atoms with E-state index in [4.69, 9.17) is 9.15 Å². The first kappa shape index (κ1) is 14.2. The van der Waals surface area contributed by atoms with Crippen molar-refractivity contribution in [3.05, 3.63) is 23.7 Å². The zero-order valence-corrected chi connectivity index (χ0v) is 10.9. The minimum atomic E-state index is 0.777. The summed E-state index contributed by atoms with van der Waals surface area (Å²) in [5.74, 6) is 2.08. The minimum absolute atomic E-state index is 0.777. The van der Waals surface area contributed by atoms with Gasteiger partial charge in [-0.3, -0.25) is 0 Å². The normalized spacial score (nSPS) is 10.9. The van der Waals surface area contributed by atoms with Gasteiger partial charge in [0.15, 0.2) is 0 Å². The van der Waals surface area contributed by atoms with Crippen molar-refractivity contribution in [1.29, 1.82) is 0 Å². The Morgan fingerprint density at radius 3 is 2.59 bits per heavy atom. The van der Waals surface area contributed by atoms with Crippen LogP contribution in [0.1, 0.15) is 24.9 Å². The minimum Gasteiger partial charge on any atom is -0.465 e. The Hall–Kier alpha value is -0.840. The summed E-state index contributed by atoms with van der Waals surface area (Å²) in [5, 5.41) is 6.67. The predicted molar refractivity (Wildman–Crippen MR) is 69.2 cm³/mol. The van der Waals surface area contributed by atoms with E-state index in [0.717, 1.165) is 57.1 Å². The van der Waals surface area contributed by atoms with E-state index in [1.807, 2.05) is 12.1 Å². The van der Waals surface area contributed by atoms with E-state index in [0.29, 0.717) is 0 Å². The molecule has 1 aromatic heterocycles. The third-order valence-corrected chi connectivity index (χ3v) is 2.56. The van der Waals surface area contributed by atoms with Gasteiger partial charge >= 0.3 is 0 Å². The van der Waals surface area contributed by atoms with E-state index >= 15 is 0 Å². The SMILES string of the molecule is CCc1ccc(CNCCCNCCOC)o1. The zero-order chi connectivity index (χ0) is 12.3. The molecule has 1 aromatic rings. The van der Waals surface area contributed by atoms with Crippen LogP contribution in [0.3, 0.4) is 0 Å². The lowest BCUT2D eigenvalue weighted by Crippen LogP contribution is -2.24. The van der Waals surface area contributed by atoms with E-state index in [2.05, 4.69) is 17.6 Å². The molecule has 0 aromatic carbocycles. The Bertz CT molecular complexity index is 287.